The molecule has 1 atom stereocenters. The van der Waals surface area contributed by atoms with Gasteiger partial charge in [-0.2, -0.15) is 9.90 Å². The Bertz CT molecular complexity index is 420. The van der Waals surface area contributed by atoms with E-state index in [-0.39, 0.29) is 9.90 Å². The van der Waals surface area contributed by atoms with Gasteiger partial charge in [0.2, 0.25) is 0 Å². The predicted molar refractivity (Wildman–Crippen MR) is 68.3 cm³/mol. The molecule has 1 aliphatic carbocycles. The molecule has 1 aromatic heterocycles. The lowest BCUT2D eigenvalue weighted by Gasteiger charge is -1.97. The monoisotopic (exact) mass is 218 g/mol. The third-order valence-electron chi connectivity index (χ3n) is 2.56. The molecule has 2 heteroatoms. The van der Waals surface area contributed by atoms with Crippen molar-refractivity contribution in [2.24, 2.45) is 0 Å². The van der Waals surface area contributed by atoms with Crippen LogP contribution in [0.4, 0.5) is 0 Å². The van der Waals surface area contributed by atoms with Crippen molar-refractivity contribution in [3.8, 4) is 11.1 Å². The van der Waals surface area contributed by atoms with Gasteiger partial charge in [-0.3, -0.25) is 0 Å². The van der Waals surface area contributed by atoms with Gasteiger partial charge in [0.15, 0.2) is 0 Å². The first-order valence-corrected chi connectivity index (χ1v) is 5.44. The van der Waals surface area contributed by atoms with Crippen molar-refractivity contribution in [1.82, 2.24) is 0 Å². The molecule has 14 heavy (non-hydrogen) atoms. The van der Waals surface area contributed by atoms with Crippen molar-refractivity contribution in [3.05, 3.63) is 53.1 Å². The summed E-state index contributed by atoms with van der Waals surface area (Å²) in [7, 11) is 1.38. The highest BCUT2D eigenvalue weighted by atomic mass is 31.0. The summed E-state index contributed by atoms with van der Waals surface area (Å²) in [4.78, 5) is 0. The second-order valence-electron chi connectivity index (χ2n) is 3.33. The normalized spacial score (nSPS) is 12.0. The van der Waals surface area contributed by atoms with Gasteiger partial charge in [0, 0.05) is 6.42 Å². The summed E-state index contributed by atoms with van der Waals surface area (Å²) in [5.41, 5.74) is 4.38. The van der Waals surface area contributed by atoms with Crippen LogP contribution in [0.2, 0.25) is 0 Å². The maximum absolute atomic E-state index is 2.23. The third kappa shape index (κ3) is 1.40. The van der Waals surface area contributed by atoms with Crippen molar-refractivity contribution >= 4 is 18.1 Å². The van der Waals surface area contributed by atoms with Crippen molar-refractivity contribution in [2.45, 2.75) is 6.42 Å². The predicted octanol–water partition coefficient (Wildman–Crippen LogP) is 3.90. The summed E-state index contributed by atoms with van der Waals surface area (Å²) in [6.07, 6.45) is 1.15. The Morgan fingerprint density at radius 3 is 2.64 bits per heavy atom. The smallest absolute Gasteiger partial charge is 0.00303 e. The molecule has 0 aliphatic heterocycles. The lowest BCUT2D eigenvalue weighted by molar-refractivity contribution is 1.31. The molecule has 0 spiro atoms. The van der Waals surface area contributed by atoms with Crippen molar-refractivity contribution in [1.29, 1.82) is 0 Å². The summed E-state index contributed by atoms with van der Waals surface area (Å²) in [6, 6.07) is 13.1. The average molecular weight is 218 g/mol. The number of rotatable bonds is 0. The maximum Gasteiger partial charge on any atom is 0.00303 e. The third-order valence-corrected chi connectivity index (χ3v) is 3.59. The first-order valence-electron chi connectivity index (χ1n) is 4.47. The average Bonchev–Trinajstić information content (AvgIpc) is 2.56. The molecule has 0 saturated carbocycles. The molecule has 0 amide bonds. The van der Waals surface area contributed by atoms with Crippen LogP contribution >= 0.6 is 18.1 Å². The molecular weight excluding hydrogens is 206 g/mol. The van der Waals surface area contributed by atoms with Gasteiger partial charge in [-0.1, -0.05) is 44.6 Å². The Morgan fingerprint density at radius 1 is 0.929 bits per heavy atom. The molecule has 3 rings (SSSR count). The molecule has 1 aromatic carbocycles. The van der Waals surface area contributed by atoms with Gasteiger partial charge in [0.25, 0.3) is 0 Å². The van der Waals surface area contributed by atoms with Gasteiger partial charge in [-0.05, 0) is 27.8 Å². The van der Waals surface area contributed by atoms with Gasteiger partial charge in [0.1, 0.15) is 0 Å². The van der Waals surface area contributed by atoms with Crippen LogP contribution in [0.15, 0.2) is 42.2 Å². The molecule has 0 fully saturated rings. The summed E-state index contributed by atoms with van der Waals surface area (Å²) >= 11 is 0. The fourth-order valence-corrected chi connectivity index (χ4v) is 2.89. The number of benzene rings is 1. The van der Waals surface area contributed by atoms with Crippen LogP contribution in [0, 0.1) is 0 Å². The fraction of sp³-hybridized carbons (Fsp3) is 0.0833. The molecule has 70 valence electrons. The van der Waals surface area contributed by atoms with E-state index in [0.717, 1.165) is 6.42 Å². The van der Waals surface area contributed by atoms with Crippen LogP contribution in [0.5, 0.6) is 0 Å². The van der Waals surface area contributed by atoms with E-state index in [2.05, 4.69) is 42.2 Å². The number of hydrogen-bond acceptors (Lipinski definition) is 0. The zero-order chi connectivity index (χ0) is 8.67. The largest absolute Gasteiger partial charge is 0.153 e. The first kappa shape index (κ1) is 9.84. The Labute approximate surface area is 89.1 Å². The van der Waals surface area contributed by atoms with Crippen molar-refractivity contribution in [3.63, 3.8) is 0 Å². The van der Waals surface area contributed by atoms with Crippen LogP contribution in [-0.4, -0.2) is 0 Å². The minimum atomic E-state index is 0. The fourth-order valence-electron chi connectivity index (χ4n) is 1.94. The van der Waals surface area contributed by atoms with E-state index in [1.165, 1.54) is 24.9 Å². The van der Waals surface area contributed by atoms with E-state index in [0.29, 0.717) is 0 Å². The first-order chi connectivity index (χ1) is 6.45. The number of hydrogen-bond donors (Lipinski definition) is 0. The maximum atomic E-state index is 2.23. The Morgan fingerprint density at radius 2 is 1.71 bits per heavy atom. The zero-order valence-electron chi connectivity index (χ0n) is 7.90. The number of fused-ring (bicyclic) bond motifs is 3. The van der Waals surface area contributed by atoms with E-state index >= 15 is 0 Å². The lowest BCUT2D eigenvalue weighted by atomic mass is 10.1. The molecule has 0 N–H and O–H groups in total. The van der Waals surface area contributed by atoms with E-state index < -0.39 is 0 Å². The molecule has 0 bridgehead atoms. The van der Waals surface area contributed by atoms with Gasteiger partial charge >= 0.3 is 0 Å². The quantitative estimate of drug-likeness (QED) is 0.502. The SMILES string of the molecule is P.c1ccc2c(c1)Cc1pcccc1-2. The van der Waals surface area contributed by atoms with E-state index in [1.807, 2.05) is 0 Å². The van der Waals surface area contributed by atoms with E-state index in [9.17, 15) is 0 Å². The minimum absolute atomic E-state index is 0. The van der Waals surface area contributed by atoms with E-state index in [1.54, 1.807) is 5.30 Å². The van der Waals surface area contributed by atoms with Gasteiger partial charge in [-0.15, -0.1) is 0 Å². The molecule has 0 radical (unpaired) electrons. The molecular formula is C12H12P2. The van der Waals surface area contributed by atoms with Crippen LogP contribution in [0.3, 0.4) is 0 Å². The molecule has 2 aromatic rings. The highest BCUT2D eigenvalue weighted by Crippen LogP contribution is 2.39. The minimum Gasteiger partial charge on any atom is -0.153 e. The van der Waals surface area contributed by atoms with Crippen molar-refractivity contribution in [2.75, 3.05) is 0 Å². The van der Waals surface area contributed by atoms with Crippen LogP contribution in [0.1, 0.15) is 10.9 Å². The highest BCUT2D eigenvalue weighted by Gasteiger charge is 2.16. The molecule has 1 unspecified atom stereocenters. The second-order valence-corrected chi connectivity index (χ2v) is 4.43. The van der Waals surface area contributed by atoms with Crippen LogP contribution in [0.25, 0.3) is 11.1 Å². The van der Waals surface area contributed by atoms with E-state index in [4.69, 9.17) is 0 Å². The molecule has 1 heterocycles. The second kappa shape index (κ2) is 3.81. The zero-order valence-corrected chi connectivity index (χ0v) is 10.2. The van der Waals surface area contributed by atoms with Crippen molar-refractivity contribution < 1.29 is 0 Å². The summed E-state index contributed by atoms with van der Waals surface area (Å²) in [6.45, 7) is 0. The molecule has 1 aliphatic rings. The standard InChI is InChI=1S/C12H9P.H3P/c1-2-5-10-9(4-1)8-12-11(10)6-3-7-13-12;/h1-7H,8H2;1H3. The van der Waals surface area contributed by atoms with Crippen LogP contribution in [-0.2, 0) is 6.42 Å². The lowest BCUT2D eigenvalue weighted by Crippen LogP contribution is -1.75. The summed E-state index contributed by atoms with van der Waals surface area (Å²) in [5, 5.41) is 1.56. The highest BCUT2D eigenvalue weighted by molar-refractivity contribution is 7.30. The van der Waals surface area contributed by atoms with Gasteiger partial charge in [-0.25, -0.2) is 0 Å². The molecule has 0 saturated heterocycles. The Kier molecular flexibility index (Phi) is 2.68. The Balaban J connectivity index is 0.000000750. The summed E-state index contributed by atoms with van der Waals surface area (Å²) in [5.74, 6) is 2.21. The molecule has 0 nitrogen and oxygen atoms in total. The van der Waals surface area contributed by atoms with Crippen LogP contribution < -0.4 is 0 Å². The summed E-state index contributed by atoms with van der Waals surface area (Å²) < 4.78 is 0. The van der Waals surface area contributed by atoms with Gasteiger partial charge < -0.3 is 0 Å². The Hall–Kier alpha value is -0.700. The topological polar surface area (TPSA) is 0 Å². The van der Waals surface area contributed by atoms with Gasteiger partial charge in [0.05, 0.1) is 0 Å².